The highest BCUT2D eigenvalue weighted by molar-refractivity contribution is 7.80. The number of methoxy groups -OCH3 is 2. The molecule has 0 aliphatic carbocycles. The van der Waals surface area contributed by atoms with Gasteiger partial charge in [0.05, 0.1) is 20.6 Å². The Hall–Kier alpha value is -3.14. The molecule has 4 heterocycles. The zero-order chi connectivity index (χ0) is 21.0. The van der Waals surface area contributed by atoms with Crippen LogP contribution in [0.4, 0.5) is 0 Å². The standard InChI is InChI=1S/C20H19N3O6S/c1-26-13-7-11-3-5-23-18(25)16(29-19(30)22-6-4-21-10-22)17-20(23,9-15(24)28-17)12(11)8-14(13)27-2/h4,6-8,10,16-17H,3,5,9H2,1-2H3/t16-,17-,20+/m1/s1. The molecule has 5 rings (SSSR count). The van der Waals surface area contributed by atoms with Crippen LogP contribution in [0.2, 0.25) is 0 Å². The van der Waals surface area contributed by atoms with E-state index in [4.69, 9.17) is 31.2 Å². The predicted octanol–water partition coefficient (Wildman–Crippen LogP) is 1.03. The van der Waals surface area contributed by atoms with Crippen LogP contribution in [0.15, 0.2) is 30.9 Å². The van der Waals surface area contributed by atoms with Crippen LogP contribution in [0.25, 0.3) is 0 Å². The van der Waals surface area contributed by atoms with E-state index >= 15 is 0 Å². The first kappa shape index (κ1) is 18.9. The normalized spacial score (nSPS) is 26.5. The topological polar surface area (TPSA) is 92.1 Å². The first-order chi connectivity index (χ1) is 14.5. The lowest BCUT2D eigenvalue weighted by atomic mass is 9.77. The van der Waals surface area contributed by atoms with Crippen LogP contribution in [0.1, 0.15) is 17.5 Å². The van der Waals surface area contributed by atoms with Gasteiger partial charge in [-0.25, -0.2) is 4.98 Å². The number of fused-ring (bicyclic) bond motifs is 1. The molecule has 0 N–H and O–H groups in total. The van der Waals surface area contributed by atoms with Crippen LogP contribution in [-0.4, -0.2) is 64.5 Å². The molecule has 10 heteroatoms. The summed E-state index contributed by atoms with van der Waals surface area (Å²) in [6.45, 7) is 0.437. The maximum Gasteiger partial charge on any atom is 0.309 e. The molecule has 0 bridgehead atoms. The molecule has 3 aliphatic rings. The number of nitrogens with zero attached hydrogens (tertiary/aromatic N) is 3. The first-order valence-electron chi connectivity index (χ1n) is 9.45. The second-order valence-electron chi connectivity index (χ2n) is 7.39. The van der Waals surface area contributed by atoms with Crippen LogP contribution < -0.4 is 9.47 Å². The van der Waals surface area contributed by atoms with E-state index in [1.165, 1.54) is 10.9 Å². The second-order valence-corrected chi connectivity index (χ2v) is 7.74. The maximum atomic E-state index is 13.3. The third-order valence-corrected chi connectivity index (χ3v) is 6.34. The molecule has 0 saturated carbocycles. The molecule has 1 amide bonds. The SMILES string of the molecule is COc1cc2c(cc1OC)[C@@]13CC(=O)O[C@@H]1[C@@H](OC(=S)n1ccnc1)C(=O)N3CC2. The van der Waals surface area contributed by atoms with Crippen molar-refractivity contribution >= 4 is 29.3 Å². The second kappa shape index (κ2) is 6.69. The lowest BCUT2D eigenvalue weighted by Crippen LogP contribution is -2.50. The van der Waals surface area contributed by atoms with Gasteiger partial charge in [-0.15, -0.1) is 0 Å². The van der Waals surface area contributed by atoms with Crippen molar-refractivity contribution in [2.45, 2.75) is 30.6 Å². The summed E-state index contributed by atoms with van der Waals surface area (Å²) in [7, 11) is 3.12. The summed E-state index contributed by atoms with van der Waals surface area (Å²) in [5.74, 6) is 0.482. The Bertz CT molecular complexity index is 1060. The van der Waals surface area contributed by atoms with Gasteiger partial charge in [0.25, 0.3) is 11.1 Å². The molecular weight excluding hydrogens is 410 g/mol. The van der Waals surface area contributed by atoms with Crippen molar-refractivity contribution in [2.75, 3.05) is 20.8 Å². The minimum atomic E-state index is -1.04. The summed E-state index contributed by atoms with van der Waals surface area (Å²) in [5.41, 5.74) is 0.837. The molecule has 3 aliphatic heterocycles. The Morgan fingerprint density at radius 2 is 2.03 bits per heavy atom. The molecule has 1 aromatic heterocycles. The zero-order valence-corrected chi connectivity index (χ0v) is 17.2. The Kier molecular flexibility index (Phi) is 4.21. The monoisotopic (exact) mass is 429 g/mol. The van der Waals surface area contributed by atoms with Crippen LogP contribution in [-0.2, 0) is 31.0 Å². The number of carbonyl (C=O) groups is 2. The predicted molar refractivity (Wildman–Crippen MR) is 106 cm³/mol. The molecule has 1 spiro atoms. The van der Waals surface area contributed by atoms with Crippen molar-refractivity contribution < 1.29 is 28.5 Å². The number of rotatable bonds is 3. The quantitative estimate of drug-likeness (QED) is 0.528. The van der Waals surface area contributed by atoms with Gasteiger partial charge >= 0.3 is 5.97 Å². The summed E-state index contributed by atoms with van der Waals surface area (Å²) in [4.78, 5) is 31.4. The average molecular weight is 429 g/mol. The van der Waals surface area contributed by atoms with E-state index in [0.717, 1.165) is 11.1 Å². The van der Waals surface area contributed by atoms with Crippen LogP contribution in [0.5, 0.6) is 11.5 Å². The number of ether oxygens (including phenoxy) is 4. The fourth-order valence-electron chi connectivity index (χ4n) is 4.76. The van der Waals surface area contributed by atoms with Gasteiger partial charge in [-0.3, -0.25) is 14.2 Å². The molecule has 3 atom stereocenters. The minimum absolute atomic E-state index is 0.0452. The third-order valence-electron chi connectivity index (χ3n) is 6.03. The van der Waals surface area contributed by atoms with Gasteiger partial charge in [-0.1, -0.05) is 0 Å². The number of thiocarbonyl (C=S) groups is 1. The zero-order valence-electron chi connectivity index (χ0n) is 16.4. The Balaban J connectivity index is 1.60. The summed E-state index contributed by atoms with van der Waals surface area (Å²) >= 11 is 5.32. The van der Waals surface area contributed by atoms with Crippen molar-refractivity contribution in [1.82, 2.24) is 14.5 Å². The van der Waals surface area contributed by atoms with E-state index < -0.39 is 17.7 Å². The lowest BCUT2D eigenvalue weighted by Gasteiger charge is -2.41. The number of hydrogen-bond acceptors (Lipinski definition) is 8. The van der Waals surface area contributed by atoms with E-state index in [-0.39, 0.29) is 23.5 Å². The van der Waals surface area contributed by atoms with Gasteiger partial charge in [-0.05, 0) is 41.9 Å². The van der Waals surface area contributed by atoms with Crippen LogP contribution in [0.3, 0.4) is 0 Å². The van der Waals surface area contributed by atoms with Crippen molar-refractivity contribution in [3.8, 4) is 11.5 Å². The Labute approximate surface area is 177 Å². The molecular formula is C20H19N3O6S. The van der Waals surface area contributed by atoms with E-state index in [1.807, 2.05) is 12.1 Å². The maximum absolute atomic E-state index is 13.3. The van der Waals surface area contributed by atoms with Gasteiger partial charge in [-0.2, -0.15) is 0 Å². The molecule has 9 nitrogen and oxygen atoms in total. The molecule has 1 aromatic carbocycles. The van der Waals surface area contributed by atoms with Crippen LogP contribution in [0, 0.1) is 0 Å². The number of benzene rings is 1. The number of aromatic nitrogens is 2. The molecule has 2 saturated heterocycles. The van der Waals surface area contributed by atoms with Crippen molar-refractivity contribution in [3.05, 3.63) is 42.0 Å². The van der Waals surface area contributed by atoms with Gasteiger partial charge in [0.15, 0.2) is 17.6 Å². The molecule has 2 fully saturated rings. The Morgan fingerprint density at radius 3 is 2.73 bits per heavy atom. The number of amides is 1. The molecule has 0 unspecified atom stereocenters. The number of esters is 1. The van der Waals surface area contributed by atoms with Crippen LogP contribution >= 0.6 is 12.2 Å². The summed E-state index contributed by atoms with van der Waals surface area (Å²) in [6, 6.07) is 3.73. The minimum Gasteiger partial charge on any atom is -0.493 e. The summed E-state index contributed by atoms with van der Waals surface area (Å²) in [5, 5.41) is 0.0660. The molecule has 156 valence electrons. The van der Waals surface area contributed by atoms with E-state index in [1.54, 1.807) is 31.5 Å². The fraction of sp³-hybridized carbons (Fsp3) is 0.400. The van der Waals surface area contributed by atoms with E-state index in [2.05, 4.69) is 4.98 Å². The molecule has 0 radical (unpaired) electrons. The number of hydrogen-bond donors (Lipinski definition) is 0. The largest absolute Gasteiger partial charge is 0.493 e. The fourth-order valence-corrected chi connectivity index (χ4v) is 4.97. The summed E-state index contributed by atoms with van der Waals surface area (Å²) < 4.78 is 23.9. The van der Waals surface area contributed by atoms with E-state index in [9.17, 15) is 9.59 Å². The van der Waals surface area contributed by atoms with Crippen molar-refractivity contribution in [1.29, 1.82) is 0 Å². The first-order valence-corrected chi connectivity index (χ1v) is 9.85. The smallest absolute Gasteiger partial charge is 0.309 e. The van der Waals surface area contributed by atoms with Gasteiger partial charge in [0, 0.05) is 18.9 Å². The lowest BCUT2D eigenvalue weighted by molar-refractivity contribution is -0.147. The third kappa shape index (κ3) is 2.46. The summed E-state index contributed by atoms with van der Waals surface area (Å²) in [6.07, 6.45) is 3.46. The molecule has 2 aromatic rings. The van der Waals surface area contributed by atoms with Gasteiger partial charge < -0.3 is 23.8 Å². The van der Waals surface area contributed by atoms with Gasteiger partial charge in [0.2, 0.25) is 6.10 Å². The van der Waals surface area contributed by atoms with E-state index in [0.29, 0.717) is 24.5 Å². The van der Waals surface area contributed by atoms with Crippen molar-refractivity contribution in [3.63, 3.8) is 0 Å². The highest BCUT2D eigenvalue weighted by Gasteiger charge is 2.68. The average Bonchev–Trinajstić information content (AvgIpc) is 3.43. The Morgan fingerprint density at radius 1 is 1.27 bits per heavy atom. The number of imidazole rings is 1. The number of carbonyl (C=O) groups excluding carboxylic acids is 2. The highest BCUT2D eigenvalue weighted by Crippen LogP contribution is 2.54. The van der Waals surface area contributed by atoms with Gasteiger partial charge in [0.1, 0.15) is 11.9 Å². The van der Waals surface area contributed by atoms with Crippen molar-refractivity contribution in [2.24, 2.45) is 0 Å². The highest BCUT2D eigenvalue weighted by atomic mass is 32.1. The molecule has 30 heavy (non-hydrogen) atoms.